The predicted octanol–water partition coefficient (Wildman–Crippen LogP) is 1.95. The maximum absolute atomic E-state index is 12.6. The fourth-order valence-electron chi connectivity index (χ4n) is 2.25. The number of anilines is 1. The fraction of sp³-hybridized carbons (Fsp3) is 0.556. The van der Waals surface area contributed by atoms with Gasteiger partial charge in [0, 0.05) is 6.61 Å². The Kier molecular flexibility index (Phi) is 7.36. The Morgan fingerprint density at radius 2 is 1.92 bits per heavy atom. The molecule has 1 amide bonds. The van der Waals surface area contributed by atoms with E-state index >= 15 is 0 Å². The Balaban J connectivity index is 2.09. The first-order valence-corrected chi connectivity index (χ1v) is 8.55. The minimum Gasteiger partial charge on any atom is -0.462 e. The molecular formula is C18H25NO6. The van der Waals surface area contributed by atoms with Gasteiger partial charge in [-0.2, -0.15) is 0 Å². The van der Waals surface area contributed by atoms with Gasteiger partial charge in [0.05, 0.1) is 24.5 Å². The minimum atomic E-state index is -1.38. The minimum absolute atomic E-state index is 0.233. The molecule has 2 rings (SSSR count). The summed E-state index contributed by atoms with van der Waals surface area (Å²) in [6.45, 7) is 4.30. The lowest BCUT2D eigenvalue weighted by Gasteiger charge is -2.23. The molecule has 1 aliphatic rings. The zero-order valence-electron chi connectivity index (χ0n) is 14.6. The van der Waals surface area contributed by atoms with Gasteiger partial charge in [0.2, 0.25) is 0 Å². The van der Waals surface area contributed by atoms with Crippen LogP contribution in [-0.2, 0) is 19.0 Å². The Bertz CT molecular complexity index is 587. The molecule has 2 unspecified atom stereocenters. The van der Waals surface area contributed by atoms with Crippen LogP contribution in [0, 0.1) is 5.92 Å². The average molecular weight is 351 g/mol. The molecule has 1 aliphatic carbocycles. The summed E-state index contributed by atoms with van der Waals surface area (Å²) in [7, 11) is 0. The molecule has 0 radical (unpaired) electrons. The number of aliphatic hydroxyl groups excluding tert-OH is 1. The Hall–Kier alpha value is -1.96. The summed E-state index contributed by atoms with van der Waals surface area (Å²) in [5.74, 6) is -0.673. The van der Waals surface area contributed by atoms with Gasteiger partial charge >= 0.3 is 5.97 Å². The first-order chi connectivity index (χ1) is 12.1. The van der Waals surface area contributed by atoms with E-state index in [2.05, 4.69) is 5.32 Å². The number of rotatable bonds is 10. The second-order valence-corrected chi connectivity index (χ2v) is 5.80. The third kappa shape index (κ3) is 5.81. The molecule has 1 fully saturated rings. The molecule has 25 heavy (non-hydrogen) atoms. The van der Waals surface area contributed by atoms with Crippen LogP contribution in [0.5, 0.6) is 0 Å². The molecular weight excluding hydrogens is 326 g/mol. The summed E-state index contributed by atoms with van der Waals surface area (Å²) >= 11 is 0. The van der Waals surface area contributed by atoms with Crippen LogP contribution < -0.4 is 5.32 Å². The first-order valence-electron chi connectivity index (χ1n) is 8.55. The van der Waals surface area contributed by atoms with E-state index in [4.69, 9.17) is 14.2 Å². The molecule has 0 spiro atoms. The van der Waals surface area contributed by atoms with Gasteiger partial charge in [0.1, 0.15) is 0 Å². The second kappa shape index (κ2) is 9.50. The number of para-hydroxylation sites is 1. The fourth-order valence-corrected chi connectivity index (χ4v) is 2.25. The van der Waals surface area contributed by atoms with Crippen molar-refractivity contribution in [2.75, 3.05) is 25.1 Å². The van der Waals surface area contributed by atoms with Crippen molar-refractivity contribution < 1.29 is 28.9 Å². The average Bonchev–Trinajstić information content (AvgIpc) is 3.40. The van der Waals surface area contributed by atoms with Crippen molar-refractivity contribution in [2.45, 2.75) is 39.1 Å². The normalized spacial score (nSPS) is 16.1. The van der Waals surface area contributed by atoms with Gasteiger partial charge in [-0.15, -0.1) is 0 Å². The lowest BCUT2D eigenvalue weighted by Crippen LogP contribution is -2.42. The second-order valence-electron chi connectivity index (χ2n) is 5.80. The molecule has 0 aromatic heterocycles. The number of nitrogens with one attached hydrogen (secondary N) is 1. The van der Waals surface area contributed by atoms with Crippen molar-refractivity contribution in [3.63, 3.8) is 0 Å². The standard InChI is InChI=1S/C18H25NO6/c1-3-23-17(21)13-7-5-6-8-14(13)19-16(20)15(18(22)24-4-2)25-11-12-9-10-12/h5-8,12,15,18,22H,3-4,9-11H2,1-2H3,(H,19,20). The highest BCUT2D eigenvalue weighted by Gasteiger charge is 2.32. The first kappa shape index (κ1) is 19.4. The van der Waals surface area contributed by atoms with Crippen molar-refractivity contribution >= 4 is 17.6 Å². The van der Waals surface area contributed by atoms with Crippen LogP contribution in [0.2, 0.25) is 0 Å². The smallest absolute Gasteiger partial charge is 0.340 e. The lowest BCUT2D eigenvalue weighted by atomic mass is 10.1. The van der Waals surface area contributed by atoms with Gasteiger partial charge in [-0.3, -0.25) is 4.79 Å². The van der Waals surface area contributed by atoms with Gasteiger partial charge in [0.15, 0.2) is 12.4 Å². The van der Waals surface area contributed by atoms with Gasteiger partial charge in [-0.25, -0.2) is 4.79 Å². The van der Waals surface area contributed by atoms with Crippen LogP contribution in [0.15, 0.2) is 24.3 Å². The molecule has 1 aromatic rings. The Morgan fingerprint density at radius 1 is 1.20 bits per heavy atom. The van der Waals surface area contributed by atoms with Crippen molar-refractivity contribution in [1.82, 2.24) is 0 Å². The Morgan fingerprint density at radius 3 is 2.56 bits per heavy atom. The highest BCUT2D eigenvalue weighted by molar-refractivity contribution is 6.02. The lowest BCUT2D eigenvalue weighted by molar-refractivity contribution is -0.182. The van der Waals surface area contributed by atoms with Crippen LogP contribution >= 0.6 is 0 Å². The molecule has 0 aliphatic heterocycles. The summed E-state index contributed by atoms with van der Waals surface area (Å²) in [5, 5.41) is 12.7. The van der Waals surface area contributed by atoms with Gasteiger partial charge in [0.25, 0.3) is 5.91 Å². The molecule has 0 saturated heterocycles. The van der Waals surface area contributed by atoms with E-state index in [-0.39, 0.29) is 18.8 Å². The molecule has 7 nitrogen and oxygen atoms in total. The molecule has 138 valence electrons. The topological polar surface area (TPSA) is 94.1 Å². The molecule has 1 saturated carbocycles. The number of ether oxygens (including phenoxy) is 3. The quantitative estimate of drug-likeness (QED) is 0.494. The van der Waals surface area contributed by atoms with Gasteiger partial charge in [-0.05, 0) is 44.7 Å². The van der Waals surface area contributed by atoms with E-state index in [1.54, 1.807) is 38.1 Å². The van der Waals surface area contributed by atoms with Crippen molar-refractivity contribution in [1.29, 1.82) is 0 Å². The third-order valence-corrected chi connectivity index (χ3v) is 3.74. The highest BCUT2D eigenvalue weighted by Crippen LogP contribution is 2.29. The zero-order valence-corrected chi connectivity index (χ0v) is 14.6. The van der Waals surface area contributed by atoms with E-state index in [9.17, 15) is 14.7 Å². The number of hydrogen-bond donors (Lipinski definition) is 2. The van der Waals surface area contributed by atoms with Crippen molar-refractivity contribution in [2.24, 2.45) is 5.92 Å². The van der Waals surface area contributed by atoms with Crippen molar-refractivity contribution in [3.05, 3.63) is 29.8 Å². The SMILES string of the molecule is CCOC(=O)c1ccccc1NC(=O)C(OCC1CC1)C(O)OCC. The van der Waals surface area contributed by atoms with Crippen LogP contribution in [-0.4, -0.2) is 49.2 Å². The molecule has 2 atom stereocenters. The number of carbonyl (C=O) groups excluding carboxylic acids is 2. The maximum Gasteiger partial charge on any atom is 0.340 e. The number of amides is 1. The maximum atomic E-state index is 12.6. The van der Waals surface area contributed by atoms with Crippen LogP contribution in [0.25, 0.3) is 0 Å². The van der Waals surface area contributed by atoms with E-state index in [1.165, 1.54) is 0 Å². The molecule has 7 heteroatoms. The van der Waals surface area contributed by atoms with E-state index in [0.717, 1.165) is 12.8 Å². The number of hydrogen-bond acceptors (Lipinski definition) is 6. The molecule has 0 bridgehead atoms. The highest BCUT2D eigenvalue weighted by atomic mass is 16.6. The number of benzene rings is 1. The zero-order chi connectivity index (χ0) is 18.2. The van der Waals surface area contributed by atoms with Crippen LogP contribution in [0.4, 0.5) is 5.69 Å². The van der Waals surface area contributed by atoms with Crippen LogP contribution in [0.3, 0.4) is 0 Å². The monoisotopic (exact) mass is 351 g/mol. The molecule has 2 N–H and O–H groups in total. The summed E-state index contributed by atoms with van der Waals surface area (Å²) < 4.78 is 15.7. The summed E-state index contributed by atoms with van der Waals surface area (Å²) in [4.78, 5) is 24.6. The van der Waals surface area contributed by atoms with Crippen LogP contribution in [0.1, 0.15) is 37.0 Å². The Labute approximate surface area is 147 Å². The summed E-state index contributed by atoms with van der Waals surface area (Å²) in [6, 6.07) is 6.52. The largest absolute Gasteiger partial charge is 0.462 e. The van der Waals surface area contributed by atoms with Gasteiger partial charge in [-0.1, -0.05) is 12.1 Å². The number of aliphatic hydroxyl groups is 1. The number of carbonyl (C=O) groups is 2. The van der Waals surface area contributed by atoms with Crippen molar-refractivity contribution in [3.8, 4) is 0 Å². The third-order valence-electron chi connectivity index (χ3n) is 3.74. The van der Waals surface area contributed by atoms with E-state index in [0.29, 0.717) is 18.2 Å². The summed E-state index contributed by atoms with van der Waals surface area (Å²) in [5.41, 5.74) is 0.541. The van der Waals surface area contributed by atoms with Gasteiger partial charge < -0.3 is 24.6 Å². The predicted molar refractivity (Wildman–Crippen MR) is 91.1 cm³/mol. The van der Waals surface area contributed by atoms with E-state index in [1.807, 2.05) is 0 Å². The molecule has 1 aromatic carbocycles. The van der Waals surface area contributed by atoms with E-state index < -0.39 is 24.3 Å². The summed E-state index contributed by atoms with van der Waals surface area (Å²) in [6.07, 6.45) is -0.426. The number of esters is 1. The molecule has 0 heterocycles.